The molecule has 0 amide bonds. The molecule has 1 saturated heterocycles. The number of hydrogen-bond acceptors (Lipinski definition) is 10. The average molecular weight is 979 g/mol. The highest BCUT2D eigenvalue weighted by Gasteiger charge is 2.48. The number of alkyl halides is 3. The van der Waals surface area contributed by atoms with E-state index in [1.165, 1.54) is 36.0 Å². The highest BCUT2D eigenvalue weighted by Crippen LogP contribution is 2.41. The van der Waals surface area contributed by atoms with E-state index in [2.05, 4.69) is 19.8 Å². The zero-order valence-electron chi connectivity index (χ0n) is 37.1. The third kappa shape index (κ3) is 11.1. The number of thioether (sulfide) groups is 1. The molecule has 0 saturated carbocycles. The van der Waals surface area contributed by atoms with E-state index in [1.54, 1.807) is 42.8 Å². The van der Waals surface area contributed by atoms with Gasteiger partial charge in [0, 0.05) is 78.2 Å². The summed E-state index contributed by atoms with van der Waals surface area (Å²) in [6, 6.07) is 31.6. The molecular formula is C48H50F4N6O6S3. The van der Waals surface area contributed by atoms with Gasteiger partial charge in [-0.2, -0.15) is 13.2 Å². The van der Waals surface area contributed by atoms with Crippen molar-refractivity contribution in [2.45, 2.75) is 39.6 Å². The van der Waals surface area contributed by atoms with Gasteiger partial charge in [-0.25, -0.2) is 26.0 Å². The molecule has 2 heterocycles. The molecule has 7 rings (SSSR count). The summed E-state index contributed by atoms with van der Waals surface area (Å²) in [5.41, 5.74) is -1.01. The first kappa shape index (κ1) is 48.9. The fourth-order valence-corrected chi connectivity index (χ4v) is 11.1. The summed E-state index contributed by atoms with van der Waals surface area (Å²) in [5, 5.41) is 13.3. The minimum Gasteiger partial charge on any atom is -0.478 e. The topological polar surface area (TPSA) is 144 Å². The van der Waals surface area contributed by atoms with E-state index in [-0.39, 0.29) is 16.9 Å². The molecule has 67 heavy (non-hydrogen) atoms. The Morgan fingerprint density at radius 1 is 0.806 bits per heavy atom. The van der Waals surface area contributed by atoms with Gasteiger partial charge in [0.1, 0.15) is 10.7 Å². The Kier molecular flexibility index (Phi) is 14.6. The van der Waals surface area contributed by atoms with Gasteiger partial charge in [-0.15, -0.1) is 11.8 Å². The van der Waals surface area contributed by atoms with E-state index in [9.17, 15) is 44.3 Å². The first-order valence-electron chi connectivity index (χ1n) is 21.2. The molecule has 1 atom stereocenters. The summed E-state index contributed by atoms with van der Waals surface area (Å²) >= 11 is 1.45. The van der Waals surface area contributed by atoms with Gasteiger partial charge in [0.15, 0.2) is 0 Å². The lowest BCUT2D eigenvalue weighted by molar-refractivity contribution is -0.0435. The van der Waals surface area contributed by atoms with Crippen molar-refractivity contribution in [3.8, 4) is 22.4 Å². The molecule has 354 valence electrons. The van der Waals surface area contributed by atoms with Crippen LogP contribution >= 0.6 is 11.8 Å². The van der Waals surface area contributed by atoms with Crippen molar-refractivity contribution in [2.24, 2.45) is 7.05 Å². The molecule has 12 nitrogen and oxygen atoms in total. The number of anilines is 4. The van der Waals surface area contributed by atoms with Crippen molar-refractivity contribution in [1.29, 1.82) is 0 Å². The Balaban J connectivity index is 1.05. The number of halogens is 4. The molecule has 1 fully saturated rings. The van der Waals surface area contributed by atoms with Crippen molar-refractivity contribution in [1.82, 2.24) is 9.47 Å². The largest absolute Gasteiger partial charge is 0.501 e. The zero-order valence-corrected chi connectivity index (χ0v) is 39.5. The maximum atomic E-state index is 14.1. The van der Waals surface area contributed by atoms with Crippen molar-refractivity contribution in [3.63, 3.8) is 0 Å². The summed E-state index contributed by atoms with van der Waals surface area (Å²) in [6.07, 6.45) is 0.451. The Bertz CT molecular complexity index is 2940. The molecule has 19 heteroatoms. The number of carboxylic acids is 1. The second-order valence-corrected chi connectivity index (χ2v) is 21.1. The molecule has 0 radical (unpaired) electrons. The Morgan fingerprint density at radius 2 is 1.45 bits per heavy atom. The fraction of sp³-hybridized carbons (Fsp3) is 0.271. The predicted octanol–water partition coefficient (Wildman–Crippen LogP) is 9.45. The van der Waals surface area contributed by atoms with Crippen LogP contribution in [-0.4, -0.2) is 102 Å². The SMILES string of the molecule is Cc1c(C(=O)O)c(-c2cccc(N3CCN(c4ccc(NS(=O)(=O)c5ccc(N[C@H](CCN(C)C)CSc6ccccc6)c(S(=O)(=O)C(F)(F)F)c5)cc4)CC3)c2)c(-c2ccc(F)cc2)n1C. The van der Waals surface area contributed by atoms with Crippen LogP contribution in [0.3, 0.4) is 0 Å². The summed E-state index contributed by atoms with van der Waals surface area (Å²) in [5.74, 6) is -1.09. The number of sulfonamides is 1. The smallest absolute Gasteiger partial charge is 0.478 e. The maximum Gasteiger partial charge on any atom is 0.501 e. The maximum absolute atomic E-state index is 14.1. The van der Waals surface area contributed by atoms with Gasteiger partial charge < -0.3 is 29.7 Å². The van der Waals surface area contributed by atoms with Crippen LogP contribution in [0.5, 0.6) is 0 Å². The minimum absolute atomic E-state index is 0.111. The molecule has 0 aliphatic carbocycles. The van der Waals surface area contributed by atoms with Gasteiger partial charge in [-0.05, 0) is 136 Å². The van der Waals surface area contributed by atoms with Crippen molar-refractivity contribution >= 4 is 60.3 Å². The van der Waals surface area contributed by atoms with Crippen LogP contribution in [0.1, 0.15) is 22.5 Å². The molecule has 0 unspecified atom stereocenters. The van der Waals surface area contributed by atoms with E-state index in [1.807, 2.05) is 73.6 Å². The number of sulfone groups is 1. The third-order valence-electron chi connectivity index (χ3n) is 11.6. The van der Waals surface area contributed by atoms with E-state index >= 15 is 0 Å². The molecule has 1 aromatic heterocycles. The molecular weight excluding hydrogens is 929 g/mol. The first-order chi connectivity index (χ1) is 31.7. The number of piperazine rings is 1. The number of benzene rings is 5. The van der Waals surface area contributed by atoms with Crippen molar-refractivity contribution < 1.29 is 44.3 Å². The second-order valence-electron chi connectivity index (χ2n) is 16.4. The van der Waals surface area contributed by atoms with Gasteiger partial charge in [-0.1, -0.05) is 30.3 Å². The highest BCUT2D eigenvalue weighted by molar-refractivity contribution is 7.99. The number of nitrogens with one attached hydrogen (secondary N) is 2. The van der Waals surface area contributed by atoms with Crippen LogP contribution in [0.25, 0.3) is 22.4 Å². The number of aromatic carboxylic acids is 1. The molecule has 1 aliphatic rings. The summed E-state index contributed by atoms with van der Waals surface area (Å²) in [4.78, 5) is 17.8. The summed E-state index contributed by atoms with van der Waals surface area (Å²) in [6.45, 7) is 4.64. The number of hydrogen-bond donors (Lipinski definition) is 3. The van der Waals surface area contributed by atoms with Gasteiger partial charge in [0.2, 0.25) is 0 Å². The quantitative estimate of drug-likeness (QED) is 0.0594. The van der Waals surface area contributed by atoms with Gasteiger partial charge in [-0.3, -0.25) is 4.72 Å². The second kappa shape index (κ2) is 20.1. The van der Waals surface area contributed by atoms with Crippen LogP contribution in [0.2, 0.25) is 0 Å². The lowest BCUT2D eigenvalue weighted by atomic mass is 9.96. The Morgan fingerprint density at radius 3 is 2.06 bits per heavy atom. The van der Waals surface area contributed by atoms with Gasteiger partial charge in [0.25, 0.3) is 19.9 Å². The molecule has 0 spiro atoms. The Labute approximate surface area is 392 Å². The van der Waals surface area contributed by atoms with Crippen LogP contribution < -0.4 is 19.8 Å². The predicted molar refractivity (Wildman–Crippen MR) is 257 cm³/mol. The van der Waals surface area contributed by atoms with E-state index < -0.39 is 53.0 Å². The number of aromatic nitrogens is 1. The number of carbonyl (C=O) groups is 1. The van der Waals surface area contributed by atoms with E-state index in [0.29, 0.717) is 79.0 Å². The monoisotopic (exact) mass is 978 g/mol. The first-order valence-corrected chi connectivity index (χ1v) is 25.1. The van der Waals surface area contributed by atoms with Crippen LogP contribution in [0, 0.1) is 12.7 Å². The molecule has 6 aromatic rings. The summed E-state index contributed by atoms with van der Waals surface area (Å²) in [7, 11) is -5.10. The highest BCUT2D eigenvalue weighted by atomic mass is 32.2. The molecule has 5 aromatic carbocycles. The normalized spacial score (nSPS) is 14.0. The minimum atomic E-state index is -5.99. The lowest BCUT2D eigenvalue weighted by Crippen LogP contribution is -2.46. The number of carboxylic acid groups (broad SMARTS) is 1. The van der Waals surface area contributed by atoms with Crippen LogP contribution in [0.4, 0.5) is 40.3 Å². The van der Waals surface area contributed by atoms with Crippen molar-refractivity contribution in [2.75, 3.05) is 72.4 Å². The Hall–Kier alpha value is -6.02. The lowest BCUT2D eigenvalue weighted by Gasteiger charge is -2.37. The molecule has 3 N–H and O–H groups in total. The van der Waals surface area contributed by atoms with E-state index in [0.717, 1.165) is 28.4 Å². The van der Waals surface area contributed by atoms with Crippen LogP contribution in [0.15, 0.2) is 136 Å². The molecule has 0 bridgehead atoms. The fourth-order valence-electron chi connectivity index (χ4n) is 8.01. The van der Waals surface area contributed by atoms with Crippen molar-refractivity contribution in [3.05, 3.63) is 138 Å². The zero-order chi connectivity index (χ0) is 48.3. The number of nitrogens with zero attached hydrogens (tertiary/aromatic N) is 4. The average Bonchev–Trinajstić information content (AvgIpc) is 3.57. The third-order valence-corrected chi connectivity index (χ3v) is 15.7. The summed E-state index contributed by atoms with van der Waals surface area (Å²) < 4.78 is 114. The standard InChI is InChI=1S/C48H50F4N6O6S3/c1-32-44(47(59)60)45(46(56(32)4)33-13-15-35(49)16-14-33)34-9-8-10-39(29-34)58-27-25-57(26-28-58)38-19-17-36(18-20-38)54-67(63,64)41-21-22-42(43(30-41)66(61,62)48(50,51)52)53-37(23-24-55(2)3)31-65-40-11-6-5-7-12-40/h5-22,29-30,37,53-54H,23-28,31H2,1-4H3,(H,59,60)/t37-/m1/s1. The molecule has 1 aliphatic heterocycles. The van der Waals surface area contributed by atoms with Gasteiger partial charge in [0.05, 0.1) is 21.8 Å². The van der Waals surface area contributed by atoms with Crippen LogP contribution in [-0.2, 0) is 26.9 Å². The van der Waals surface area contributed by atoms with E-state index in [4.69, 9.17) is 0 Å². The van der Waals surface area contributed by atoms with Gasteiger partial charge >= 0.3 is 11.5 Å². The number of rotatable bonds is 17.